The second-order valence-electron chi connectivity index (χ2n) is 1.92. The summed E-state index contributed by atoms with van der Waals surface area (Å²) in [6, 6.07) is 0. The maximum Gasteiger partial charge on any atom is 0.174 e. The van der Waals surface area contributed by atoms with E-state index < -0.39 is 15.3 Å². The van der Waals surface area contributed by atoms with Crippen LogP contribution in [0.2, 0.25) is 0 Å². The second-order valence-corrected chi connectivity index (χ2v) is 4.10. The molecule has 1 aliphatic heterocycles. The molecule has 4 heteroatoms. The maximum atomic E-state index is 10.5. The normalized spacial score (nSPS) is 29.4. The highest BCUT2D eigenvalue weighted by molar-refractivity contribution is 7.91. The van der Waals surface area contributed by atoms with Gasteiger partial charge in [-0.1, -0.05) is 0 Å². The van der Waals surface area contributed by atoms with Crippen LogP contribution in [0, 0.1) is 0 Å². The van der Waals surface area contributed by atoms with Gasteiger partial charge in [-0.05, 0) is 0 Å². The van der Waals surface area contributed by atoms with Crippen molar-refractivity contribution in [1.82, 2.24) is 0 Å². The first-order chi connectivity index (χ1) is 3.61. The molecule has 1 atom stereocenters. The van der Waals surface area contributed by atoms with Crippen LogP contribution in [0.3, 0.4) is 0 Å². The monoisotopic (exact) mass is 136 g/mol. The SMILES string of the molecule is CS(=O)(=O)C1CCO1. The number of sulfone groups is 1. The molecule has 48 valence electrons. The number of rotatable bonds is 1. The Hall–Kier alpha value is -0.0900. The van der Waals surface area contributed by atoms with Gasteiger partial charge in [0.2, 0.25) is 0 Å². The molecule has 0 aliphatic carbocycles. The molecule has 0 aromatic carbocycles. The van der Waals surface area contributed by atoms with Crippen molar-refractivity contribution in [3.8, 4) is 0 Å². The molecule has 1 heterocycles. The average Bonchev–Trinajstić information content (AvgIpc) is 1.16. The Labute approximate surface area is 48.6 Å². The average molecular weight is 136 g/mol. The molecule has 1 saturated heterocycles. The van der Waals surface area contributed by atoms with Crippen molar-refractivity contribution in [2.75, 3.05) is 12.9 Å². The Balaban J connectivity index is 2.60. The standard InChI is InChI=1S/C4H8O3S/c1-8(5,6)4-2-3-7-4/h4H,2-3H2,1H3. The highest BCUT2D eigenvalue weighted by Crippen LogP contribution is 2.15. The van der Waals surface area contributed by atoms with E-state index in [1.807, 2.05) is 0 Å². The zero-order chi connectivity index (χ0) is 6.20. The van der Waals surface area contributed by atoms with Crippen LogP contribution in [0.4, 0.5) is 0 Å². The van der Waals surface area contributed by atoms with Gasteiger partial charge < -0.3 is 4.74 Å². The zero-order valence-corrected chi connectivity index (χ0v) is 5.44. The van der Waals surface area contributed by atoms with Crippen LogP contribution < -0.4 is 0 Å². The van der Waals surface area contributed by atoms with Crippen molar-refractivity contribution >= 4 is 9.84 Å². The van der Waals surface area contributed by atoms with Gasteiger partial charge in [0.25, 0.3) is 0 Å². The molecule has 1 unspecified atom stereocenters. The van der Waals surface area contributed by atoms with Crippen LogP contribution in [0.25, 0.3) is 0 Å². The molecule has 3 nitrogen and oxygen atoms in total. The molecule has 0 radical (unpaired) electrons. The lowest BCUT2D eigenvalue weighted by Gasteiger charge is -2.23. The number of hydrogen-bond donors (Lipinski definition) is 0. The van der Waals surface area contributed by atoms with Crippen LogP contribution in [-0.4, -0.2) is 26.7 Å². The van der Waals surface area contributed by atoms with Gasteiger partial charge in [-0.25, -0.2) is 8.42 Å². The minimum Gasteiger partial charge on any atom is -0.362 e. The Bertz CT molecular complexity index is 166. The lowest BCUT2D eigenvalue weighted by Crippen LogP contribution is -2.33. The predicted molar refractivity (Wildman–Crippen MR) is 29.2 cm³/mol. The summed E-state index contributed by atoms with van der Waals surface area (Å²) in [5, 5.41) is 0. The third-order valence-corrected chi connectivity index (χ3v) is 2.46. The quantitative estimate of drug-likeness (QED) is 0.500. The molecule has 0 amide bonds. The van der Waals surface area contributed by atoms with Gasteiger partial charge in [-0.3, -0.25) is 0 Å². The molecule has 0 aromatic rings. The number of ether oxygens (including phenoxy) is 1. The Morgan fingerprint density at radius 1 is 1.62 bits per heavy atom. The van der Waals surface area contributed by atoms with Gasteiger partial charge in [-0.15, -0.1) is 0 Å². The largest absolute Gasteiger partial charge is 0.362 e. The Morgan fingerprint density at radius 2 is 2.12 bits per heavy atom. The molecular weight excluding hydrogens is 128 g/mol. The summed E-state index contributed by atoms with van der Waals surface area (Å²) < 4.78 is 25.7. The van der Waals surface area contributed by atoms with Crippen molar-refractivity contribution in [3.05, 3.63) is 0 Å². The lowest BCUT2D eigenvalue weighted by molar-refractivity contribution is 0.00361. The molecule has 0 spiro atoms. The molecule has 0 aromatic heterocycles. The van der Waals surface area contributed by atoms with E-state index in [0.717, 1.165) is 0 Å². The third kappa shape index (κ3) is 1.00. The van der Waals surface area contributed by atoms with E-state index in [0.29, 0.717) is 13.0 Å². The summed E-state index contributed by atoms with van der Waals surface area (Å²) in [4.78, 5) is 0. The van der Waals surface area contributed by atoms with E-state index in [4.69, 9.17) is 4.74 Å². The third-order valence-electron chi connectivity index (χ3n) is 1.13. The van der Waals surface area contributed by atoms with Crippen LogP contribution >= 0.6 is 0 Å². The molecule has 0 bridgehead atoms. The molecule has 0 N–H and O–H groups in total. The van der Waals surface area contributed by atoms with Crippen LogP contribution in [0.5, 0.6) is 0 Å². The van der Waals surface area contributed by atoms with Crippen molar-refractivity contribution in [1.29, 1.82) is 0 Å². The van der Waals surface area contributed by atoms with Crippen molar-refractivity contribution in [3.63, 3.8) is 0 Å². The summed E-state index contributed by atoms with van der Waals surface area (Å²) in [7, 11) is -2.89. The van der Waals surface area contributed by atoms with Crippen molar-refractivity contribution < 1.29 is 13.2 Å². The van der Waals surface area contributed by atoms with Gasteiger partial charge in [0.05, 0.1) is 6.61 Å². The number of hydrogen-bond acceptors (Lipinski definition) is 3. The van der Waals surface area contributed by atoms with E-state index in [9.17, 15) is 8.42 Å². The van der Waals surface area contributed by atoms with Gasteiger partial charge in [0.1, 0.15) is 0 Å². The molecule has 8 heavy (non-hydrogen) atoms. The van der Waals surface area contributed by atoms with E-state index >= 15 is 0 Å². The second kappa shape index (κ2) is 1.70. The predicted octanol–water partition coefficient (Wildman–Crippen LogP) is -0.223. The minimum absolute atomic E-state index is 0.498. The van der Waals surface area contributed by atoms with Gasteiger partial charge >= 0.3 is 0 Å². The molecule has 0 saturated carbocycles. The maximum absolute atomic E-state index is 10.5. The summed E-state index contributed by atoms with van der Waals surface area (Å²) >= 11 is 0. The highest BCUT2D eigenvalue weighted by atomic mass is 32.2. The summed E-state index contributed by atoms with van der Waals surface area (Å²) in [6.45, 7) is 0.595. The van der Waals surface area contributed by atoms with E-state index in [1.165, 1.54) is 6.26 Å². The minimum atomic E-state index is -2.89. The molecule has 1 rings (SSSR count). The van der Waals surface area contributed by atoms with Crippen LogP contribution in [0.1, 0.15) is 6.42 Å². The van der Waals surface area contributed by atoms with Gasteiger partial charge in [0, 0.05) is 12.7 Å². The summed E-state index contributed by atoms with van der Waals surface area (Å²) in [5.74, 6) is 0. The van der Waals surface area contributed by atoms with Crippen LogP contribution in [0.15, 0.2) is 0 Å². The zero-order valence-electron chi connectivity index (χ0n) is 4.62. The smallest absolute Gasteiger partial charge is 0.174 e. The van der Waals surface area contributed by atoms with E-state index in [1.54, 1.807) is 0 Å². The topological polar surface area (TPSA) is 43.4 Å². The first-order valence-corrected chi connectivity index (χ1v) is 4.36. The van der Waals surface area contributed by atoms with E-state index in [2.05, 4.69) is 0 Å². The lowest BCUT2D eigenvalue weighted by atomic mass is 10.4. The molecular formula is C4H8O3S. The first kappa shape index (κ1) is 6.04. The fraction of sp³-hybridized carbons (Fsp3) is 1.00. The van der Waals surface area contributed by atoms with Gasteiger partial charge in [0.15, 0.2) is 15.3 Å². The fourth-order valence-electron chi connectivity index (χ4n) is 0.552. The Morgan fingerprint density at radius 3 is 2.12 bits per heavy atom. The van der Waals surface area contributed by atoms with Crippen LogP contribution in [-0.2, 0) is 14.6 Å². The van der Waals surface area contributed by atoms with Crippen molar-refractivity contribution in [2.24, 2.45) is 0 Å². The van der Waals surface area contributed by atoms with E-state index in [-0.39, 0.29) is 0 Å². The summed E-state index contributed by atoms with van der Waals surface area (Å²) in [5.41, 5.74) is -0.498. The van der Waals surface area contributed by atoms with Crippen molar-refractivity contribution in [2.45, 2.75) is 11.9 Å². The first-order valence-electron chi connectivity index (χ1n) is 2.41. The highest BCUT2D eigenvalue weighted by Gasteiger charge is 2.27. The Kier molecular flexibility index (Phi) is 1.28. The molecule has 1 aliphatic rings. The molecule has 1 fully saturated rings. The van der Waals surface area contributed by atoms with Gasteiger partial charge in [-0.2, -0.15) is 0 Å². The fourth-order valence-corrected chi connectivity index (χ4v) is 1.42. The summed E-state index contributed by atoms with van der Waals surface area (Å²) in [6.07, 6.45) is 1.86.